The van der Waals surface area contributed by atoms with E-state index in [0.29, 0.717) is 23.6 Å². The molecule has 1 atom stereocenters. The van der Waals surface area contributed by atoms with Crippen molar-refractivity contribution in [3.63, 3.8) is 0 Å². The van der Waals surface area contributed by atoms with Crippen molar-refractivity contribution in [2.45, 2.75) is 58.1 Å². The van der Waals surface area contributed by atoms with Gasteiger partial charge in [0, 0.05) is 12.1 Å². The molecule has 0 spiro atoms. The van der Waals surface area contributed by atoms with E-state index in [9.17, 15) is 14.4 Å². The van der Waals surface area contributed by atoms with Gasteiger partial charge in [-0.3, -0.25) is 14.4 Å². The first-order chi connectivity index (χ1) is 15.1. The Kier molecular flexibility index (Phi) is 7.12. The van der Waals surface area contributed by atoms with Crippen LogP contribution in [-0.4, -0.2) is 34.9 Å². The number of ether oxygens (including phenoxy) is 1. The first kappa shape index (κ1) is 23.2. The number of amides is 2. The van der Waals surface area contributed by atoms with Gasteiger partial charge >= 0.3 is 5.97 Å². The number of fused-ring (bicyclic) bond motifs is 1. The van der Waals surface area contributed by atoms with Gasteiger partial charge in [0.15, 0.2) is 0 Å². The van der Waals surface area contributed by atoms with Crippen LogP contribution in [-0.2, 0) is 25.7 Å². The predicted octanol–water partition coefficient (Wildman–Crippen LogP) is 2.92. The fourth-order valence-corrected chi connectivity index (χ4v) is 3.76. The number of aromatic nitrogens is 1. The number of pyridine rings is 1. The Balaban J connectivity index is 1.73. The van der Waals surface area contributed by atoms with Gasteiger partial charge in [0.05, 0.1) is 18.7 Å². The number of carbonyl (C=O) groups is 3. The van der Waals surface area contributed by atoms with Crippen LogP contribution in [0.15, 0.2) is 42.5 Å². The van der Waals surface area contributed by atoms with Crippen LogP contribution < -0.4 is 16.0 Å². The molecule has 2 heterocycles. The molecule has 8 nitrogen and oxygen atoms in total. The second-order valence-electron chi connectivity index (χ2n) is 8.90. The zero-order valence-electron chi connectivity index (χ0n) is 18.8. The van der Waals surface area contributed by atoms with Crippen LogP contribution in [0.5, 0.6) is 0 Å². The number of benzene rings is 1. The largest absolute Gasteiger partial charge is 0.460 e. The minimum Gasteiger partial charge on any atom is -0.460 e. The normalized spacial score (nSPS) is 16.2. The monoisotopic (exact) mass is 438 g/mol. The molecule has 1 aromatic carbocycles. The maximum atomic E-state index is 12.9. The number of hydrogen-bond acceptors (Lipinski definition) is 6. The van der Waals surface area contributed by atoms with Crippen molar-refractivity contribution < 1.29 is 19.1 Å². The van der Waals surface area contributed by atoms with Gasteiger partial charge in [-0.2, -0.15) is 0 Å². The molecule has 1 aliphatic rings. The number of rotatable bonds is 6. The van der Waals surface area contributed by atoms with Gasteiger partial charge in [-0.1, -0.05) is 24.3 Å². The molecule has 0 fully saturated rings. The standard InChI is InChI=1S/C24H30N4O4/c1-24(2,3)32-23(31)13-16-11-12-22(30)28(19-9-5-4-8-18(16)19)15-21(29)26-14-17-7-6-10-20(25)27-17/h4-10,16H,11-15H2,1-3H3,(H2,25,27)(H,26,29). The maximum absolute atomic E-state index is 12.9. The summed E-state index contributed by atoms with van der Waals surface area (Å²) in [6.07, 6.45) is 0.940. The molecule has 3 rings (SSSR count). The Morgan fingerprint density at radius 2 is 1.94 bits per heavy atom. The molecule has 0 aliphatic carbocycles. The summed E-state index contributed by atoms with van der Waals surface area (Å²) in [5, 5.41) is 2.79. The fourth-order valence-electron chi connectivity index (χ4n) is 3.76. The average Bonchev–Trinajstić information content (AvgIpc) is 2.83. The van der Waals surface area contributed by atoms with Crippen LogP contribution in [0, 0.1) is 0 Å². The summed E-state index contributed by atoms with van der Waals surface area (Å²) in [4.78, 5) is 43.6. The number of nitrogens with one attached hydrogen (secondary N) is 1. The molecular formula is C24H30N4O4. The van der Waals surface area contributed by atoms with E-state index in [1.54, 1.807) is 18.2 Å². The lowest BCUT2D eigenvalue weighted by molar-refractivity contribution is -0.155. The first-order valence-electron chi connectivity index (χ1n) is 10.7. The van der Waals surface area contributed by atoms with E-state index in [1.807, 2.05) is 45.0 Å². The Bertz CT molecular complexity index is 999. The molecule has 0 saturated heterocycles. The minimum absolute atomic E-state index is 0.114. The van der Waals surface area contributed by atoms with E-state index in [4.69, 9.17) is 10.5 Å². The predicted molar refractivity (Wildman–Crippen MR) is 122 cm³/mol. The summed E-state index contributed by atoms with van der Waals surface area (Å²) in [5.41, 5.74) is 7.27. The van der Waals surface area contributed by atoms with Crippen molar-refractivity contribution in [1.29, 1.82) is 0 Å². The van der Waals surface area contributed by atoms with Crippen molar-refractivity contribution in [1.82, 2.24) is 10.3 Å². The van der Waals surface area contributed by atoms with Crippen molar-refractivity contribution >= 4 is 29.3 Å². The van der Waals surface area contributed by atoms with Crippen molar-refractivity contribution in [3.05, 3.63) is 53.7 Å². The quantitative estimate of drug-likeness (QED) is 0.670. The number of nitrogens with two attached hydrogens (primary N) is 1. The molecule has 170 valence electrons. The van der Waals surface area contributed by atoms with Crippen molar-refractivity contribution in [3.8, 4) is 0 Å². The van der Waals surface area contributed by atoms with E-state index in [0.717, 1.165) is 5.56 Å². The number of nitrogen functional groups attached to an aromatic ring is 1. The molecule has 0 saturated carbocycles. The third-order valence-electron chi connectivity index (χ3n) is 5.10. The number of para-hydroxylation sites is 1. The molecule has 3 N–H and O–H groups in total. The highest BCUT2D eigenvalue weighted by atomic mass is 16.6. The number of carbonyl (C=O) groups excluding carboxylic acids is 3. The third kappa shape index (κ3) is 6.29. The van der Waals surface area contributed by atoms with Crippen LogP contribution in [0.1, 0.15) is 57.2 Å². The van der Waals surface area contributed by atoms with E-state index in [2.05, 4.69) is 10.3 Å². The van der Waals surface area contributed by atoms with E-state index in [1.165, 1.54) is 4.90 Å². The molecule has 2 amide bonds. The summed E-state index contributed by atoms with van der Waals surface area (Å²) in [6.45, 7) is 5.59. The van der Waals surface area contributed by atoms with Gasteiger partial charge in [-0.05, 0) is 56.9 Å². The Morgan fingerprint density at radius 1 is 1.19 bits per heavy atom. The lowest BCUT2D eigenvalue weighted by Crippen LogP contribution is -2.40. The van der Waals surface area contributed by atoms with Gasteiger partial charge in [-0.15, -0.1) is 0 Å². The van der Waals surface area contributed by atoms with Gasteiger partial charge in [-0.25, -0.2) is 4.98 Å². The lowest BCUT2D eigenvalue weighted by atomic mass is 9.91. The molecule has 32 heavy (non-hydrogen) atoms. The number of esters is 1. The molecule has 0 radical (unpaired) electrons. The number of anilines is 2. The molecule has 0 bridgehead atoms. The highest BCUT2D eigenvalue weighted by molar-refractivity contribution is 6.00. The van der Waals surface area contributed by atoms with Gasteiger partial charge < -0.3 is 20.7 Å². The average molecular weight is 439 g/mol. The maximum Gasteiger partial charge on any atom is 0.306 e. The topological polar surface area (TPSA) is 115 Å². The summed E-state index contributed by atoms with van der Waals surface area (Å²) in [6, 6.07) is 12.6. The Hall–Kier alpha value is -3.42. The highest BCUT2D eigenvalue weighted by Crippen LogP contribution is 2.37. The molecule has 8 heteroatoms. The van der Waals surface area contributed by atoms with E-state index in [-0.39, 0.29) is 49.6 Å². The van der Waals surface area contributed by atoms with Crippen molar-refractivity contribution in [2.75, 3.05) is 17.2 Å². The molecule has 2 aromatic rings. The summed E-state index contributed by atoms with van der Waals surface area (Å²) in [5.74, 6) is -0.533. The van der Waals surface area contributed by atoms with Crippen LogP contribution in [0.25, 0.3) is 0 Å². The van der Waals surface area contributed by atoms with Gasteiger partial charge in [0.2, 0.25) is 11.8 Å². The van der Waals surface area contributed by atoms with Gasteiger partial charge in [0.1, 0.15) is 18.0 Å². The summed E-state index contributed by atoms with van der Waals surface area (Å²) < 4.78 is 5.48. The lowest BCUT2D eigenvalue weighted by Gasteiger charge is -2.24. The van der Waals surface area contributed by atoms with Crippen LogP contribution >= 0.6 is 0 Å². The van der Waals surface area contributed by atoms with Crippen LogP contribution in [0.2, 0.25) is 0 Å². The summed E-state index contributed by atoms with van der Waals surface area (Å²) >= 11 is 0. The third-order valence-corrected chi connectivity index (χ3v) is 5.10. The summed E-state index contributed by atoms with van der Waals surface area (Å²) in [7, 11) is 0. The van der Waals surface area contributed by atoms with Crippen LogP contribution in [0.4, 0.5) is 11.5 Å². The van der Waals surface area contributed by atoms with Crippen molar-refractivity contribution in [2.24, 2.45) is 0 Å². The molecule has 1 unspecified atom stereocenters. The Labute approximate surface area is 188 Å². The second kappa shape index (κ2) is 9.80. The minimum atomic E-state index is -0.570. The smallest absolute Gasteiger partial charge is 0.306 e. The zero-order chi connectivity index (χ0) is 23.3. The fraction of sp³-hybridized carbons (Fsp3) is 0.417. The Morgan fingerprint density at radius 3 is 2.66 bits per heavy atom. The molecular weight excluding hydrogens is 408 g/mol. The van der Waals surface area contributed by atoms with E-state index < -0.39 is 5.60 Å². The second-order valence-corrected chi connectivity index (χ2v) is 8.90. The molecule has 1 aromatic heterocycles. The number of hydrogen-bond donors (Lipinski definition) is 2. The van der Waals surface area contributed by atoms with Gasteiger partial charge in [0.25, 0.3) is 0 Å². The highest BCUT2D eigenvalue weighted by Gasteiger charge is 2.31. The van der Waals surface area contributed by atoms with E-state index >= 15 is 0 Å². The zero-order valence-corrected chi connectivity index (χ0v) is 18.8. The SMILES string of the molecule is CC(C)(C)OC(=O)CC1CCC(=O)N(CC(=O)NCc2cccc(N)n2)c2ccccc21. The van der Waals surface area contributed by atoms with Crippen LogP contribution in [0.3, 0.4) is 0 Å². The number of nitrogens with zero attached hydrogens (tertiary/aromatic N) is 2. The first-order valence-corrected chi connectivity index (χ1v) is 10.7. The molecule has 1 aliphatic heterocycles.